The van der Waals surface area contributed by atoms with Crippen molar-refractivity contribution in [2.24, 2.45) is 0 Å². The average Bonchev–Trinajstić information content (AvgIpc) is 2.36. The lowest BCUT2D eigenvalue weighted by atomic mass is 10.1. The predicted octanol–water partition coefficient (Wildman–Crippen LogP) is 2.05. The fraction of sp³-hybridized carbons (Fsp3) is 0.500. The minimum absolute atomic E-state index is 0.169. The number of nitrogens with one attached hydrogen (secondary N) is 1. The van der Waals surface area contributed by atoms with Gasteiger partial charge >= 0.3 is 0 Å². The van der Waals surface area contributed by atoms with E-state index in [1.807, 2.05) is 6.92 Å². The molecule has 0 radical (unpaired) electrons. The number of ether oxygens (including phenoxy) is 1. The molecule has 0 bridgehead atoms. The smallest absolute Gasteiger partial charge is 0.240 e. The van der Waals surface area contributed by atoms with Crippen molar-refractivity contribution >= 4 is 21.6 Å². The van der Waals surface area contributed by atoms with Crippen LogP contribution in [0, 0.1) is 6.92 Å². The minimum Gasteiger partial charge on any atom is -0.380 e. The number of halogens is 1. The molecule has 0 aliphatic carbocycles. The Labute approximate surface area is 113 Å². The monoisotopic (exact) mass is 291 g/mol. The van der Waals surface area contributed by atoms with Gasteiger partial charge < -0.3 is 4.74 Å². The fourth-order valence-corrected chi connectivity index (χ4v) is 2.81. The van der Waals surface area contributed by atoms with Gasteiger partial charge in [-0.15, -0.1) is 11.6 Å². The summed E-state index contributed by atoms with van der Waals surface area (Å²) in [5.74, 6) is 0.295. The summed E-state index contributed by atoms with van der Waals surface area (Å²) >= 11 is 5.77. The van der Waals surface area contributed by atoms with Gasteiger partial charge in [0, 0.05) is 19.5 Å². The maximum atomic E-state index is 12.0. The zero-order valence-electron chi connectivity index (χ0n) is 10.7. The second-order valence-corrected chi connectivity index (χ2v) is 6.15. The van der Waals surface area contributed by atoms with Crippen LogP contribution in [0.5, 0.6) is 0 Å². The average molecular weight is 292 g/mol. The van der Waals surface area contributed by atoms with E-state index in [1.54, 1.807) is 25.1 Å². The van der Waals surface area contributed by atoms with Crippen LogP contribution in [-0.2, 0) is 20.6 Å². The maximum Gasteiger partial charge on any atom is 0.240 e. The molecular formula is C12H18ClNO3S. The normalized spacial score (nSPS) is 13.6. The van der Waals surface area contributed by atoms with Crippen LogP contribution in [0.4, 0.5) is 0 Å². The third-order valence-electron chi connectivity index (χ3n) is 2.74. The van der Waals surface area contributed by atoms with Crippen molar-refractivity contribution in [3.05, 3.63) is 29.3 Å². The van der Waals surface area contributed by atoms with Crippen molar-refractivity contribution < 1.29 is 13.2 Å². The Kier molecular flexibility index (Phi) is 5.59. The van der Waals surface area contributed by atoms with E-state index < -0.39 is 10.0 Å². The summed E-state index contributed by atoms with van der Waals surface area (Å²) < 4.78 is 31.5. The van der Waals surface area contributed by atoms with Crippen LogP contribution < -0.4 is 4.72 Å². The van der Waals surface area contributed by atoms with E-state index in [4.69, 9.17) is 16.3 Å². The second kappa shape index (κ2) is 6.52. The molecule has 0 saturated carbocycles. The number of aryl methyl sites for hydroxylation is 1. The Morgan fingerprint density at radius 3 is 2.67 bits per heavy atom. The summed E-state index contributed by atoms with van der Waals surface area (Å²) in [6.07, 6.45) is -0.169. The number of sulfonamides is 1. The third-order valence-corrected chi connectivity index (χ3v) is 4.45. The highest BCUT2D eigenvalue weighted by Crippen LogP contribution is 2.17. The van der Waals surface area contributed by atoms with Crippen molar-refractivity contribution in [1.82, 2.24) is 4.72 Å². The molecule has 1 aromatic carbocycles. The van der Waals surface area contributed by atoms with Crippen LogP contribution in [0.15, 0.2) is 23.1 Å². The number of rotatable bonds is 6. The zero-order valence-corrected chi connectivity index (χ0v) is 12.3. The van der Waals surface area contributed by atoms with Gasteiger partial charge in [0.25, 0.3) is 0 Å². The molecule has 4 nitrogen and oxygen atoms in total. The molecule has 18 heavy (non-hydrogen) atoms. The first-order valence-corrected chi connectivity index (χ1v) is 7.60. The summed E-state index contributed by atoms with van der Waals surface area (Å²) in [6, 6.07) is 4.93. The van der Waals surface area contributed by atoms with E-state index in [1.165, 1.54) is 7.11 Å². The molecule has 0 aliphatic rings. The van der Waals surface area contributed by atoms with Gasteiger partial charge in [0.15, 0.2) is 0 Å². The fourth-order valence-electron chi connectivity index (χ4n) is 1.35. The molecule has 1 atom stereocenters. The Morgan fingerprint density at radius 1 is 1.44 bits per heavy atom. The zero-order chi connectivity index (χ0) is 13.8. The topological polar surface area (TPSA) is 55.4 Å². The highest BCUT2D eigenvalue weighted by Gasteiger charge is 2.16. The first kappa shape index (κ1) is 15.4. The number of hydrogen-bond donors (Lipinski definition) is 1. The number of methoxy groups -OCH3 is 1. The van der Waals surface area contributed by atoms with Crippen molar-refractivity contribution in [3.63, 3.8) is 0 Å². The van der Waals surface area contributed by atoms with Crippen molar-refractivity contribution in [1.29, 1.82) is 0 Å². The van der Waals surface area contributed by atoms with Crippen molar-refractivity contribution in [2.45, 2.75) is 30.7 Å². The largest absolute Gasteiger partial charge is 0.380 e. The SMILES string of the molecule is COC(C)CNS(=O)(=O)c1ccc(C)c(CCl)c1. The van der Waals surface area contributed by atoms with Crippen molar-refractivity contribution in [2.75, 3.05) is 13.7 Å². The van der Waals surface area contributed by atoms with E-state index in [2.05, 4.69) is 4.72 Å². The van der Waals surface area contributed by atoms with E-state index in [0.29, 0.717) is 5.88 Å². The number of hydrogen-bond acceptors (Lipinski definition) is 3. The molecule has 0 aliphatic heterocycles. The molecule has 1 rings (SSSR count). The maximum absolute atomic E-state index is 12.0. The standard InChI is InChI=1S/C12H18ClNO3S/c1-9-4-5-12(6-11(9)7-13)18(15,16)14-8-10(2)17-3/h4-6,10,14H,7-8H2,1-3H3. The van der Waals surface area contributed by atoms with Crippen LogP contribution in [0.25, 0.3) is 0 Å². The Morgan fingerprint density at radius 2 is 2.11 bits per heavy atom. The highest BCUT2D eigenvalue weighted by molar-refractivity contribution is 7.89. The lowest BCUT2D eigenvalue weighted by Crippen LogP contribution is -2.31. The molecule has 6 heteroatoms. The second-order valence-electron chi connectivity index (χ2n) is 4.12. The van der Waals surface area contributed by atoms with Gasteiger partial charge in [-0.05, 0) is 37.1 Å². The molecule has 0 spiro atoms. The van der Waals surface area contributed by atoms with Crippen LogP contribution in [0.3, 0.4) is 0 Å². The lowest BCUT2D eigenvalue weighted by Gasteiger charge is -2.12. The van der Waals surface area contributed by atoms with E-state index in [-0.39, 0.29) is 17.5 Å². The Hall–Kier alpha value is -0.620. The van der Waals surface area contributed by atoms with Gasteiger partial charge in [-0.2, -0.15) is 0 Å². The van der Waals surface area contributed by atoms with Gasteiger partial charge in [-0.25, -0.2) is 13.1 Å². The third kappa shape index (κ3) is 3.95. The number of alkyl halides is 1. The van der Waals surface area contributed by atoms with Gasteiger partial charge in [0.1, 0.15) is 0 Å². The van der Waals surface area contributed by atoms with Gasteiger partial charge in [0.2, 0.25) is 10.0 Å². The molecule has 1 unspecified atom stereocenters. The van der Waals surface area contributed by atoms with Crippen LogP contribution in [0.2, 0.25) is 0 Å². The van der Waals surface area contributed by atoms with Gasteiger partial charge in [0.05, 0.1) is 11.0 Å². The summed E-state index contributed by atoms with van der Waals surface area (Å²) in [7, 11) is -1.97. The summed E-state index contributed by atoms with van der Waals surface area (Å²) in [6.45, 7) is 3.93. The van der Waals surface area contributed by atoms with Crippen LogP contribution in [0.1, 0.15) is 18.1 Å². The molecule has 0 saturated heterocycles. The quantitative estimate of drug-likeness (QED) is 0.816. The summed E-state index contributed by atoms with van der Waals surface area (Å²) in [5.41, 5.74) is 1.80. The summed E-state index contributed by atoms with van der Waals surface area (Å²) in [4.78, 5) is 0.229. The predicted molar refractivity (Wildman–Crippen MR) is 72.4 cm³/mol. The van der Waals surface area contributed by atoms with E-state index in [0.717, 1.165) is 11.1 Å². The molecule has 1 aromatic rings. The van der Waals surface area contributed by atoms with Crippen LogP contribution >= 0.6 is 11.6 Å². The molecule has 0 aromatic heterocycles. The highest BCUT2D eigenvalue weighted by atomic mass is 35.5. The van der Waals surface area contributed by atoms with E-state index >= 15 is 0 Å². The summed E-state index contributed by atoms with van der Waals surface area (Å²) in [5, 5.41) is 0. The Balaban J connectivity index is 2.91. The lowest BCUT2D eigenvalue weighted by molar-refractivity contribution is 0.122. The van der Waals surface area contributed by atoms with Crippen LogP contribution in [-0.4, -0.2) is 28.2 Å². The van der Waals surface area contributed by atoms with Crippen molar-refractivity contribution in [3.8, 4) is 0 Å². The van der Waals surface area contributed by atoms with Gasteiger partial charge in [-0.1, -0.05) is 6.07 Å². The molecule has 1 N–H and O–H groups in total. The van der Waals surface area contributed by atoms with E-state index in [9.17, 15) is 8.42 Å². The molecule has 0 fully saturated rings. The molecule has 0 heterocycles. The van der Waals surface area contributed by atoms with Gasteiger partial charge in [-0.3, -0.25) is 0 Å². The molecule has 0 amide bonds. The molecular weight excluding hydrogens is 274 g/mol. The Bertz CT molecular complexity index is 502. The minimum atomic E-state index is -3.50. The number of benzene rings is 1. The first-order valence-electron chi connectivity index (χ1n) is 5.58. The first-order chi connectivity index (χ1) is 8.40. The molecule has 102 valence electrons.